The maximum atomic E-state index is 12.1. The van der Waals surface area contributed by atoms with Crippen LogP contribution in [0, 0.1) is 5.92 Å². The van der Waals surface area contributed by atoms with E-state index >= 15 is 0 Å². The van der Waals surface area contributed by atoms with E-state index in [9.17, 15) is 4.79 Å². The first-order valence-electron chi connectivity index (χ1n) is 5.93. The summed E-state index contributed by atoms with van der Waals surface area (Å²) >= 11 is 11.7. The Morgan fingerprint density at radius 1 is 1.33 bits per heavy atom. The molecule has 2 rings (SSSR count). The average molecular weight is 288 g/mol. The predicted molar refractivity (Wildman–Crippen MR) is 72.8 cm³/mol. The minimum absolute atomic E-state index is 0.000140. The Balaban J connectivity index is 2.00. The number of carbonyl (C=O) groups excluding carboxylic acids is 1. The molecule has 1 amide bonds. The number of carbonyl (C=O) groups is 1. The molecule has 0 radical (unpaired) electrons. The van der Waals surface area contributed by atoms with Crippen molar-refractivity contribution in [3.8, 4) is 0 Å². The molecule has 6 heteroatoms. The molecule has 0 aliphatic heterocycles. The van der Waals surface area contributed by atoms with Crippen molar-refractivity contribution in [2.75, 3.05) is 5.32 Å². The van der Waals surface area contributed by atoms with Crippen LogP contribution in [-0.4, -0.2) is 16.9 Å². The molecule has 1 fully saturated rings. The second-order valence-electron chi connectivity index (χ2n) is 4.59. The number of hydrogen-bond donors (Lipinski definition) is 2. The van der Waals surface area contributed by atoms with Gasteiger partial charge in [0.05, 0.1) is 10.7 Å². The van der Waals surface area contributed by atoms with Gasteiger partial charge in [0.1, 0.15) is 0 Å². The highest BCUT2D eigenvalue weighted by Crippen LogP contribution is 2.27. The monoisotopic (exact) mass is 287 g/mol. The molecule has 1 aliphatic rings. The van der Waals surface area contributed by atoms with Gasteiger partial charge in [-0.1, -0.05) is 23.2 Å². The lowest BCUT2D eigenvalue weighted by Crippen LogP contribution is -2.32. The number of halogens is 2. The molecule has 0 unspecified atom stereocenters. The number of amides is 1. The maximum Gasteiger partial charge on any atom is 0.227 e. The number of aromatic nitrogens is 1. The molecule has 18 heavy (non-hydrogen) atoms. The van der Waals surface area contributed by atoms with Gasteiger partial charge in [0, 0.05) is 18.2 Å². The molecule has 0 spiro atoms. The third-order valence-corrected chi connectivity index (χ3v) is 3.71. The van der Waals surface area contributed by atoms with Crippen LogP contribution in [0.3, 0.4) is 0 Å². The van der Waals surface area contributed by atoms with E-state index in [0.29, 0.717) is 10.7 Å². The molecular weight excluding hydrogens is 273 g/mol. The molecular formula is C12H15Cl2N3O. The third kappa shape index (κ3) is 3.34. The van der Waals surface area contributed by atoms with E-state index in [1.807, 2.05) is 0 Å². The fraction of sp³-hybridized carbons (Fsp3) is 0.500. The highest BCUT2D eigenvalue weighted by atomic mass is 35.5. The van der Waals surface area contributed by atoms with Crippen LogP contribution in [0.1, 0.15) is 25.7 Å². The van der Waals surface area contributed by atoms with Gasteiger partial charge in [0.2, 0.25) is 5.91 Å². The first kappa shape index (κ1) is 13.6. The van der Waals surface area contributed by atoms with E-state index < -0.39 is 0 Å². The molecule has 1 aromatic rings. The van der Waals surface area contributed by atoms with Crippen LogP contribution in [0.5, 0.6) is 0 Å². The summed E-state index contributed by atoms with van der Waals surface area (Å²) in [7, 11) is 0. The van der Waals surface area contributed by atoms with E-state index in [1.54, 1.807) is 6.07 Å². The van der Waals surface area contributed by atoms with E-state index in [-0.39, 0.29) is 23.0 Å². The zero-order valence-electron chi connectivity index (χ0n) is 9.83. The summed E-state index contributed by atoms with van der Waals surface area (Å²) < 4.78 is 0. The summed E-state index contributed by atoms with van der Waals surface area (Å²) in [5, 5.41) is 3.47. The molecule has 3 N–H and O–H groups in total. The minimum Gasteiger partial charge on any atom is -0.328 e. The van der Waals surface area contributed by atoms with Gasteiger partial charge in [-0.05, 0) is 31.7 Å². The van der Waals surface area contributed by atoms with Crippen molar-refractivity contribution in [3.05, 3.63) is 22.4 Å². The van der Waals surface area contributed by atoms with Gasteiger partial charge < -0.3 is 11.1 Å². The molecule has 1 saturated carbocycles. The first-order valence-corrected chi connectivity index (χ1v) is 6.69. The average Bonchev–Trinajstić information content (AvgIpc) is 2.34. The lowest BCUT2D eigenvalue weighted by molar-refractivity contribution is -0.120. The molecule has 0 saturated heterocycles. The van der Waals surface area contributed by atoms with Crippen LogP contribution in [0.4, 0.5) is 5.69 Å². The number of nitrogens with zero attached hydrogens (tertiary/aromatic N) is 1. The molecule has 4 nitrogen and oxygen atoms in total. The molecule has 98 valence electrons. The first-order chi connectivity index (χ1) is 8.56. The molecule has 1 heterocycles. The van der Waals surface area contributed by atoms with Gasteiger partial charge in [-0.15, -0.1) is 0 Å². The highest BCUT2D eigenvalue weighted by Gasteiger charge is 2.25. The van der Waals surface area contributed by atoms with Crippen molar-refractivity contribution >= 4 is 34.8 Å². The summed E-state index contributed by atoms with van der Waals surface area (Å²) in [4.78, 5) is 15.9. The number of anilines is 1. The Morgan fingerprint density at radius 2 is 2.00 bits per heavy atom. The quantitative estimate of drug-likeness (QED) is 0.822. The van der Waals surface area contributed by atoms with Crippen LogP contribution in [0.25, 0.3) is 0 Å². The van der Waals surface area contributed by atoms with Gasteiger partial charge in [0.25, 0.3) is 0 Å². The zero-order valence-corrected chi connectivity index (χ0v) is 11.3. The summed E-state index contributed by atoms with van der Waals surface area (Å²) in [6.45, 7) is 0. The van der Waals surface area contributed by atoms with E-state index in [2.05, 4.69) is 10.3 Å². The molecule has 1 aliphatic carbocycles. The van der Waals surface area contributed by atoms with Gasteiger partial charge in [-0.25, -0.2) is 4.98 Å². The SMILES string of the molecule is NC1CCC(C(=O)Nc2cc(Cl)cnc2Cl)CC1. The van der Waals surface area contributed by atoms with E-state index in [4.69, 9.17) is 28.9 Å². The number of hydrogen-bond acceptors (Lipinski definition) is 3. The maximum absolute atomic E-state index is 12.1. The van der Waals surface area contributed by atoms with Crippen LogP contribution >= 0.6 is 23.2 Å². The Morgan fingerprint density at radius 3 is 2.67 bits per heavy atom. The second kappa shape index (κ2) is 5.87. The second-order valence-corrected chi connectivity index (χ2v) is 5.39. The fourth-order valence-corrected chi connectivity index (χ4v) is 2.43. The van der Waals surface area contributed by atoms with E-state index in [1.165, 1.54) is 6.20 Å². The van der Waals surface area contributed by atoms with Gasteiger partial charge in [-0.3, -0.25) is 4.79 Å². The number of nitrogens with one attached hydrogen (secondary N) is 1. The Kier molecular flexibility index (Phi) is 4.43. The number of rotatable bonds is 2. The minimum atomic E-state index is -0.0344. The number of nitrogens with two attached hydrogens (primary N) is 1. The van der Waals surface area contributed by atoms with Gasteiger partial charge in [0.15, 0.2) is 5.15 Å². The summed E-state index contributed by atoms with van der Waals surface area (Å²) in [6.07, 6.45) is 4.86. The van der Waals surface area contributed by atoms with Crippen molar-refractivity contribution in [3.63, 3.8) is 0 Å². The lowest BCUT2D eigenvalue weighted by atomic mass is 9.86. The molecule has 0 aromatic carbocycles. The zero-order chi connectivity index (χ0) is 13.1. The van der Waals surface area contributed by atoms with Crippen LogP contribution in [-0.2, 0) is 4.79 Å². The molecule has 1 aromatic heterocycles. The van der Waals surface area contributed by atoms with Crippen LogP contribution in [0.15, 0.2) is 12.3 Å². The largest absolute Gasteiger partial charge is 0.328 e. The Labute approximate surface area is 116 Å². The molecule has 0 bridgehead atoms. The van der Waals surface area contributed by atoms with Crippen molar-refractivity contribution in [2.45, 2.75) is 31.7 Å². The van der Waals surface area contributed by atoms with Crippen LogP contribution < -0.4 is 11.1 Å². The lowest BCUT2D eigenvalue weighted by Gasteiger charge is -2.25. The van der Waals surface area contributed by atoms with Crippen molar-refractivity contribution in [2.24, 2.45) is 11.7 Å². The van der Waals surface area contributed by atoms with Crippen LogP contribution in [0.2, 0.25) is 10.2 Å². The van der Waals surface area contributed by atoms with Crippen molar-refractivity contribution in [1.29, 1.82) is 0 Å². The van der Waals surface area contributed by atoms with Crippen molar-refractivity contribution < 1.29 is 4.79 Å². The predicted octanol–water partition coefficient (Wildman–Crippen LogP) is 2.84. The summed E-state index contributed by atoms with van der Waals surface area (Å²) in [5.74, 6) is -0.0345. The normalized spacial score (nSPS) is 23.7. The highest BCUT2D eigenvalue weighted by molar-refractivity contribution is 6.34. The van der Waals surface area contributed by atoms with Gasteiger partial charge in [-0.2, -0.15) is 0 Å². The topological polar surface area (TPSA) is 68.0 Å². The Hall–Kier alpha value is -0.840. The molecule has 0 atom stereocenters. The number of pyridine rings is 1. The summed E-state index contributed by atoms with van der Waals surface area (Å²) in [5.41, 5.74) is 6.28. The standard InChI is InChI=1S/C12H15Cl2N3O/c13-8-5-10(11(14)16-6-8)17-12(18)7-1-3-9(15)4-2-7/h5-7,9H,1-4,15H2,(H,17,18). The van der Waals surface area contributed by atoms with Gasteiger partial charge >= 0.3 is 0 Å². The smallest absolute Gasteiger partial charge is 0.227 e. The Bertz CT molecular complexity index is 445. The fourth-order valence-electron chi connectivity index (χ4n) is 2.13. The summed E-state index contributed by atoms with van der Waals surface area (Å²) in [6, 6.07) is 1.83. The van der Waals surface area contributed by atoms with Crippen molar-refractivity contribution in [1.82, 2.24) is 4.98 Å². The third-order valence-electron chi connectivity index (χ3n) is 3.21. The van der Waals surface area contributed by atoms with E-state index in [0.717, 1.165) is 25.7 Å².